The zero-order valence-corrected chi connectivity index (χ0v) is 8.55. The van der Waals surface area contributed by atoms with Crippen molar-refractivity contribution in [1.29, 1.82) is 5.26 Å². The largest absolute Gasteiger partial charge is 0.351 e. The number of carbonyl (C=O) groups is 1. The third kappa shape index (κ3) is 3.35. The summed E-state index contributed by atoms with van der Waals surface area (Å²) >= 11 is 0. The van der Waals surface area contributed by atoms with E-state index in [1.165, 1.54) is 0 Å². The van der Waals surface area contributed by atoms with Crippen LogP contribution in [-0.2, 0) is 4.79 Å². The topological polar surface area (TPSA) is 64.9 Å². The van der Waals surface area contributed by atoms with Crippen LogP contribution in [0.25, 0.3) is 0 Å². The maximum atomic E-state index is 11.6. The number of nitrogens with one attached hydrogen (secondary N) is 2. The van der Waals surface area contributed by atoms with Gasteiger partial charge in [0, 0.05) is 6.04 Å². The molecule has 0 aliphatic carbocycles. The van der Waals surface area contributed by atoms with E-state index in [0.29, 0.717) is 6.42 Å². The van der Waals surface area contributed by atoms with E-state index < -0.39 is 0 Å². The van der Waals surface area contributed by atoms with Crippen molar-refractivity contribution in [1.82, 2.24) is 10.6 Å². The number of rotatable bonds is 3. The number of amides is 1. The van der Waals surface area contributed by atoms with Gasteiger partial charge in [0.25, 0.3) is 0 Å². The Kier molecular flexibility index (Phi) is 4.41. The van der Waals surface area contributed by atoms with Gasteiger partial charge >= 0.3 is 0 Å². The summed E-state index contributed by atoms with van der Waals surface area (Å²) in [6.07, 6.45) is 3.54. The molecule has 0 spiro atoms. The molecule has 1 amide bonds. The first kappa shape index (κ1) is 11.0. The molecule has 0 bridgehead atoms. The first-order valence-electron chi connectivity index (χ1n) is 5.14. The van der Waals surface area contributed by atoms with E-state index in [4.69, 9.17) is 5.26 Å². The van der Waals surface area contributed by atoms with Crippen molar-refractivity contribution in [2.24, 2.45) is 0 Å². The van der Waals surface area contributed by atoms with Crippen LogP contribution in [-0.4, -0.2) is 24.5 Å². The van der Waals surface area contributed by atoms with Gasteiger partial charge in [-0.1, -0.05) is 6.42 Å². The lowest BCUT2D eigenvalue weighted by Gasteiger charge is -2.23. The average Bonchev–Trinajstić information content (AvgIpc) is 2.19. The molecule has 1 heterocycles. The van der Waals surface area contributed by atoms with Crippen LogP contribution in [0.1, 0.15) is 32.6 Å². The molecule has 0 aromatic heterocycles. The van der Waals surface area contributed by atoms with Gasteiger partial charge in [0.2, 0.25) is 5.91 Å². The van der Waals surface area contributed by atoms with Crippen molar-refractivity contribution in [2.75, 3.05) is 6.54 Å². The molecule has 78 valence electrons. The molecule has 2 atom stereocenters. The van der Waals surface area contributed by atoms with E-state index in [1.807, 2.05) is 13.0 Å². The van der Waals surface area contributed by atoms with Gasteiger partial charge in [-0.25, -0.2) is 0 Å². The summed E-state index contributed by atoms with van der Waals surface area (Å²) in [7, 11) is 0. The minimum atomic E-state index is -0.0510. The Morgan fingerprint density at radius 1 is 1.71 bits per heavy atom. The van der Waals surface area contributed by atoms with Crippen LogP contribution in [0.5, 0.6) is 0 Å². The zero-order chi connectivity index (χ0) is 10.4. The maximum absolute atomic E-state index is 11.6. The first-order valence-corrected chi connectivity index (χ1v) is 5.14. The second-order valence-electron chi connectivity index (χ2n) is 3.77. The summed E-state index contributed by atoms with van der Waals surface area (Å²) in [6.45, 7) is 2.77. The predicted octanol–water partition coefficient (Wildman–Crippen LogP) is 0.547. The van der Waals surface area contributed by atoms with Gasteiger partial charge in [0.15, 0.2) is 0 Å². The van der Waals surface area contributed by atoms with Crippen LogP contribution in [0.15, 0.2) is 0 Å². The van der Waals surface area contributed by atoms with Crippen LogP contribution in [0, 0.1) is 11.3 Å². The van der Waals surface area contributed by atoms with E-state index in [2.05, 4.69) is 10.6 Å². The van der Waals surface area contributed by atoms with Gasteiger partial charge in [-0.05, 0) is 26.3 Å². The molecule has 1 saturated heterocycles. The maximum Gasteiger partial charge on any atom is 0.237 e. The molecule has 1 aliphatic heterocycles. The second kappa shape index (κ2) is 5.61. The number of piperidine rings is 1. The fourth-order valence-corrected chi connectivity index (χ4v) is 1.61. The highest BCUT2D eigenvalue weighted by molar-refractivity contribution is 5.82. The highest BCUT2D eigenvalue weighted by Gasteiger charge is 2.21. The van der Waals surface area contributed by atoms with Crippen LogP contribution < -0.4 is 10.6 Å². The smallest absolute Gasteiger partial charge is 0.237 e. The van der Waals surface area contributed by atoms with Crippen molar-refractivity contribution >= 4 is 5.91 Å². The Bertz CT molecular complexity index is 228. The van der Waals surface area contributed by atoms with Crippen molar-refractivity contribution < 1.29 is 4.79 Å². The van der Waals surface area contributed by atoms with Gasteiger partial charge in [0.05, 0.1) is 18.5 Å². The molecule has 2 N–H and O–H groups in total. The Labute approximate surface area is 84.7 Å². The summed E-state index contributed by atoms with van der Waals surface area (Å²) in [5.41, 5.74) is 0. The summed E-state index contributed by atoms with van der Waals surface area (Å²) in [5, 5.41) is 14.4. The molecule has 14 heavy (non-hydrogen) atoms. The van der Waals surface area contributed by atoms with E-state index >= 15 is 0 Å². The molecule has 0 radical (unpaired) electrons. The number of hydrogen-bond donors (Lipinski definition) is 2. The van der Waals surface area contributed by atoms with Gasteiger partial charge < -0.3 is 10.6 Å². The molecule has 0 saturated carbocycles. The molecular formula is C10H17N3O. The number of carbonyl (C=O) groups excluding carboxylic acids is 1. The molecule has 4 nitrogen and oxygen atoms in total. The normalized spacial score (nSPS) is 23.6. The van der Waals surface area contributed by atoms with Crippen molar-refractivity contribution in [3.8, 4) is 6.07 Å². The highest BCUT2D eigenvalue weighted by atomic mass is 16.2. The Morgan fingerprint density at radius 2 is 2.50 bits per heavy atom. The molecule has 0 aromatic rings. The second-order valence-corrected chi connectivity index (χ2v) is 3.77. The lowest BCUT2D eigenvalue weighted by atomic mass is 10.0. The Balaban J connectivity index is 2.30. The van der Waals surface area contributed by atoms with Gasteiger partial charge in [0.1, 0.15) is 0 Å². The monoisotopic (exact) mass is 195 g/mol. The summed E-state index contributed by atoms with van der Waals surface area (Å²) in [6, 6.07) is 1.94. The van der Waals surface area contributed by atoms with Crippen LogP contribution in [0.3, 0.4) is 0 Å². The molecule has 1 fully saturated rings. The number of nitriles is 1. The van der Waals surface area contributed by atoms with Crippen molar-refractivity contribution in [3.05, 3.63) is 0 Å². The molecule has 1 aliphatic rings. The quantitative estimate of drug-likeness (QED) is 0.691. The molecule has 0 aromatic carbocycles. The van der Waals surface area contributed by atoms with E-state index in [-0.39, 0.29) is 18.0 Å². The van der Waals surface area contributed by atoms with Crippen LogP contribution >= 0.6 is 0 Å². The highest BCUT2D eigenvalue weighted by Crippen LogP contribution is 2.07. The van der Waals surface area contributed by atoms with Gasteiger partial charge in [-0.15, -0.1) is 0 Å². The number of nitrogens with zero attached hydrogens (tertiary/aromatic N) is 1. The van der Waals surface area contributed by atoms with E-state index in [9.17, 15) is 4.79 Å². The third-order valence-corrected chi connectivity index (χ3v) is 2.41. The zero-order valence-electron chi connectivity index (χ0n) is 8.55. The van der Waals surface area contributed by atoms with E-state index in [0.717, 1.165) is 25.8 Å². The van der Waals surface area contributed by atoms with Crippen LogP contribution in [0.4, 0.5) is 0 Å². The van der Waals surface area contributed by atoms with Gasteiger partial charge in [-0.2, -0.15) is 5.26 Å². The molecule has 1 unspecified atom stereocenters. The molecule has 4 heteroatoms. The summed E-state index contributed by atoms with van der Waals surface area (Å²) < 4.78 is 0. The lowest BCUT2D eigenvalue weighted by Crippen LogP contribution is -2.48. The van der Waals surface area contributed by atoms with Crippen LogP contribution in [0.2, 0.25) is 0 Å². The summed E-state index contributed by atoms with van der Waals surface area (Å²) in [5.74, 6) is 0.0347. The minimum absolute atomic E-state index is 0.0347. The first-order chi connectivity index (χ1) is 6.74. The van der Waals surface area contributed by atoms with Crippen molar-refractivity contribution in [3.63, 3.8) is 0 Å². The predicted molar refractivity (Wildman–Crippen MR) is 53.5 cm³/mol. The Hall–Kier alpha value is -1.08. The average molecular weight is 195 g/mol. The minimum Gasteiger partial charge on any atom is -0.351 e. The lowest BCUT2D eigenvalue weighted by molar-refractivity contribution is -0.124. The SMILES string of the molecule is CC(CC#N)NC(=O)[C@@H]1CCCCN1. The standard InChI is InChI=1S/C10H17N3O/c1-8(5-6-11)13-10(14)9-4-2-3-7-12-9/h8-9,12H,2-5,7H2,1H3,(H,13,14)/t8?,9-/m0/s1. The van der Waals surface area contributed by atoms with E-state index in [1.54, 1.807) is 0 Å². The summed E-state index contributed by atoms with van der Waals surface area (Å²) in [4.78, 5) is 11.6. The molecular weight excluding hydrogens is 178 g/mol. The fraction of sp³-hybridized carbons (Fsp3) is 0.800. The fourth-order valence-electron chi connectivity index (χ4n) is 1.61. The van der Waals surface area contributed by atoms with Crippen molar-refractivity contribution in [2.45, 2.75) is 44.7 Å². The molecule has 1 rings (SSSR count). The third-order valence-electron chi connectivity index (χ3n) is 2.41. The number of hydrogen-bond acceptors (Lipinski definition) is 3. The Morgan fingerprint density at radius 3 is 3.07 bits per heavy atom. The van der Waals surface area contributed by atoms with Gasteiger partial charge in [-0.3, -0.25) is 4.79 Å².